The van der Waals surface area contributed by atoms with Crippen molar-refractivity contribution in [1.82, 2.24) is 15.0 Å². The quantitative estimate of drug-likeness (QED) is 0.480. The second kappa shape index (κ2) is 7.71. The van der Waals surface area contributed by atoms with Crippen LogP contribution < -0.4 is 16.0 Å². The smallest absolute Gasteiger partial charge is 0.229 e. The van der Waals surface area contributed by atoms with E-state index in [-0.39, 0.29) is 5.91 Å². The summed E-state index contributed by atoms with van der Waals surface area (Å²) in [5.74, 6) is 1.05. The molecular weight excluding hydrogens is 352 g/mol. The molecule has 0 atom stereocenters. The summed E-state index contributed by atoms with van der Waals surface area (Å²) in [7, 11) is 0. The van der Waals surface area contributed by atoms with E-state index in [9.17, 15) is 4.79 Å². The standard InChI is InChI=1S/C21H18N6O/c1-14(28)24-16-4-6-17(7-5-16)25-20-10-12-23-21(27-20)26-18-8-9-19-15(13-18)3-2-11-22-19/h2-13H,1H3,(H,24,28)(H2,23,25,26,27). The molecule has 3 N–H and O–H groups in total. The minimum absolute atomic E-state index is 0.100. The summed E-state index contributed by atoms with van der Waals surface area (Å²) in [6.07, 6.45) is 3.46. The molecule has 1 amide bonds. The summed E-state index contributed by atoms with van der Waals surface area (Å²) in [5.41, 5.74) is 3.42. The van der Waals surface area contributed by atoms with Crippen molar-refractivity contribution in [2.24, 2.45) is 0 Å². The van der Waals surface area contributed by atoms with Crippen LogP contribution in [-0.2, 0) is 4.79 Å². The highest BCUT2D eigenvalue weighted by Gasteiger charge is 2.03. The van der Waals surface area contributed by atoms with Gasteiger partial charge in [0, 0.05) is 41.8 Å². The van der Waals surface area contributed by atoms with Gasteiger partial charge in [-0.25, -0.2) is 4.98 Å². The Morgan fingerprint density at radius 1 is 0.821 bits per heavy atom. The molecule has 2 aromatic carbocycles. The minimum Gasteiger partial charge on any atom is -0.340 e. The molecule has 0 saturated heterocycles. The van der Waals surface area contributed by atoms with E-state index < -0.39 is 0 Å². The van der Waals surface area contributed by atoms with Crippen LogP contribution >= 0.6 is 0 Å². The molecule has 7 heteroatoms. The number of carbonyl (C=O) groups excluding carboxylic acids is 1. The van der Waals surface area contributed by atoms with Crippen LogP contribution in [0.25, 0.3) is 10.9 Å². The summed E-state index contributed by atoms with van der Waals surface area (Å²) in [4.78, 5) is 24.2. The first-order valence-corrected chi connectivity index (χ1v) is 8.75. The third-order valence-corrected chi connectivity index (χ3v) is 3.99. The number of aromatic nitrogens is 3. The van der Waals surface area contributed by atoms with Gasteiger partial charge in [0.1, 0.15) is 5.82 Å². The molecule has 0 spiro atoms. The summed E-state index contributed by atoms with van der Waals surface area (Å²) in [6, 6.07) is 19.0. The maximum Gasteiger partial charge on any atom is 0.229 e. The van der Waals surface area contributed by atoms with Crippen LogP contribution in [0.3, 0.4) is 0 Å². The highest BCUT2D eigenvalue weighted by Crippen LogP contribution is 2.21. The SMILES string of the molecule is CC(=O)Nc1ccc(Nc2ccnc(Nc3ccc4ncccc4c3)n2)cc1. The van der Waals surface area contributed by atoms with Gasteiger partial charge in [-0.2, -0.15) is 4.98 Å². The summed E-state index contributed by atoms with van der Waals surface area (Å²) < 4.78 is 0. The molecule has 2 aromatic heterocycles. The van der Waals surface area contributed by atoms with Gasteiger partial charge in [0.25, 0.3) is 0 Å². The lowest BCUT2D eigenvalue weighted by Gasteiger charge is -2.10. The van der Waals surface area contributed by atoms with Gasteiger partial charge in [0.15, 0.2) is 0 Å². The monoisotopic (exact) mass is 370 g/mol. The molecule has 2 heterocycles. The Balaban J connectivity index is 1.48. The summed E-state index contributed by atoms with van der Waals surface area (Å²) >= 11 is 0. The van der Waals surface area contributed by atoms with E-state index in [2.05, 4.69) is 30.9 Å². The average molecular weight is 370 g/mol. The third-order valence-electron chi connectivity index (χ3n) is 3.99. The van der Waals surface area contributed by atoms with E-state index in [1.807, 2.05) is 54.6 Å². The fraction of sp³-hybridized carbons (Fsp3) is 0.0476. The van der Waals surface area contributed by atoms with Gasteiger partial charge in [0.05, 0.1) is 5.52 Å². The first-order chi connectivity index (χ1) is 13.7. The maximum absolute atomic E-state index is 11.1. The van der Waals surface area contributed by atoms with Crippen molar-refractivity contribution in [3.63, 3.8) is 0 Å². The van der Waals surface area contributed by atoms with Crippen molar-refractivity contribution < 1.29 is 4.79 Å². The lowest BCUT2D eigenvalue weighted by Crippen LogP contribution is -2.05. The number of nitrogens with zero attached hydrogens (tertiary/aromatic N) is 3. The van der Waals surface area contributed by atoms with Gasteiger partial charge in [-0.05, 0) is 54.6 Å². The van der Waals surface area contributed by atoms with Crippen molar-refractivity contribution in [2.45, 2.75) is 6.92 Å². The Labute approximate surface area is 161 Å². The van der Waals surface area contributed by atoms with Gasteiger partial charge in [-0.1, -0.05) is 6.07 Å². The first-order valence-electron chi connectivity index (χ1n) is 8.75. The maximum atomic E-state index is 11.1. The Kier molecular flexibility index (Phi) is 4.79. The van der Waals surface area contributed by atoms with Gasteiger partial charge >= 0.3 is 0 Å². The van der Waals surface area contributed by atoms with Gasteiger partial charge in [-0.15, -0.1) is 0 Å². The molecule has 0 fully saturated rings. The van der Waals surface area contributed by atoms with Crippen LogP contribution in [0.4, 0.5) is 28.8 Å². The Morgan fingerprint density at radius 2 is 1.61 bits per heavy atom. The topological polar surface area (TPSA) is 91.8 Å². The lowest BCUT2D eigenvalue weighted by atomic mass is 10.2. The van der Waals surface area contributed by atoms with Crippen LogP contribution in [0.15, 0.2) is 73.1 Å². The van der Waals surface area contributed by atoms with Crippen molar-refractivity contribution in [1.29, 1.82) is 0 Å². The predicted molar refractivity (Wildman–Crippen MR) is 111 cm³/mol. The molecule has 0 aliphatic carbocycles. The van der Waals surface area contributed by atoms with E-state index in [1.165, 1.54) is 6.92 Å². The van der Waals surface area contributed by atoms with Crippen molar-refractivity contribution in [2.75, 3.05) is 16.0 Å². The van der Waals surface area contributed by atoms with Crippen LogP contribution in [0, 0.1) is 0 Å². The van der Waals surface area contributed by atoms with Crippen LogP contribution in [0.5, 0.6) is 0 Å². The highest BCUT2D eigenvalue weighted by atomic mass is 16.1. The number of carbonyl (C=O) groups is 1. The lowest BCUT2D eigenvalue weighted by molar-refractivity contribution is -0.114. The van der Waals surface area contributed by atoms with E-state index in [0.29, 0.717) is 11.8 Å². The van der Waals surface area contributed by atoms with Crippen LogP contribution in [0.2, 0.25) is 0 Å². The summed E-state index contributed by atoms with van der Waals surface area (Å²) in [5, 5.41) is 10.2. The Bertz CT molecular complexity index is 1130. The van der Waals surface area contributed by atoms with Crippen molar-refractivity contribution in [3.05, 3.63) is 73.1 Å². The zero-order chi connectivity index (χ0) is 19.3. The number of anilines is 5. The zero-order valence-electron chi connectivity index (χ0n) is 15.2. The third kappa shape index (κ3) is 4.21. The molecule has 28 heavy (non-hydrogen) atoms. The number of hydrogen-bond acceptors (Lipinski definition) is 6. The molecule has 4 aromatic rings. The van der Waals surface area contributed by atoms with Crippen LogP contribution in [0.1, 0.15) is 6.92 Å². The predicted octanol–water partition coefficient (Wildman–Crippen LogP) is 4.47. The Hall–Kier alpha value is -4.00. The number of benzene rings is 2. The number of nitrogens with one attached hydrogen (secondary N) is 3. The van der Waals surface area contributed by atoms with Gasteiger partial charge in [-0.3, -0.25) is 9.78 Å². The largest absolute Gasteiger partial charge is 0.340 e. The minimum atomic E-state index is -0.100. The fourth-order valence-corrected chi connectivity index (χ4v) is 2.76. The molecule has 0 bridgehead atoms. The molecule has 7 nitrogen and oxygen atoms in total. The first kappa shape index (κ1) is 17.4. The number of pyridine rings is 1. The number of hydrogen-bond donors (Lipinski definition) is 3. The molecule has 0 aliphatic heterocycles. The Morgan fingerprint density at radius 3 is 2.43 bits per heavy atom. The zero-order valence-corrected chi connectivity index (χ0v) is 15.2. The van der Waals surface area contributed by atoms with E-state index >= 15 is 0 Å². The second-order valence-corrected chi connectivity index (χ2v) is 6.18. The number of fused-ring (bicyclic) bond motifs is 1. The van der Waals surface area contributed by atoms with E-state index in [4.69, 9.17) is 0 Å². The molecule has 0 aliphatic rings. The van der Waals surface area contributed by atoms with Crippen molar-refractivity contribution >= 4 is 45.6 Å². The van der Waals surface area contributed by atoms with Gasteiger partial charge < -0.3 is 16.0 Å². The highest BCUT2D eigenvalue weighted by molar-refractivity contribution is 5.88. The molecule has 4 rings (SSSR count). The van der Waals surface area contributed by atoms with E-state index in [0.717, 1.165) is 28.0 Å². The number of amides is 1. The second-order valence-electron chi connectivity index (χ2n) is 6.18. The summed E-state index contributed by atoms with van der Waals surface area (Å²) in [6.45, 7) is 1.48. The molecule has 0 radical (unpaired) electrons. The molecular formula is C21H18N6O. The molecule has 138 valence electrons. The average Bonchev–Trinajstić information content (AvgIpc) is 2.69. The number of rotatable bonds is 5. The van der Waals surface area contributed by atoms with Crippen molar-refractivity contribution in [3.8, 4) is 0 Å². The van der Waals surface area contributed by atoms with Gasteiger partial charge in [0.2, 0.25) is 11.9 Å². The normalized spacial score (nSPS) is 10.5. The fourth-order valence-electron chi connectivity index (χ4n) is 2.76. The molecule has 0 unspecified atom stereocenters. The van der Waals surface area contributed by atoms with Crippen LogP contribution in [-0.4, -0.2) is 20.9 Å². The molecule has 0 saturated carbocycles. The van der Waals surface area contributed by atoms with E-state index in [1.54, 1.807) is 18.5 Å².